The van der Waals surface area contributed by atoms with E-state index in [9.17, 15) is 0 Å². The number of halogens is 2. The summed E-state index contributed by atoms with van der Waals surface area (Å²) in [4.78, 5) is 0.343. The number of benzene rings is 2. The molecule has 0 heterocycles. The highest BCUT2D eigenvalue weighted by Crippen LogP contribution is 2.27. The van der Waals surface area contributed by atoms with Crippen LogP contribution in [0.5, 0.6) is 5.75 Å². The predicted octanol–water partition coefficient (Wildman–Crippen LogP) is 4.52. The SMILES string of the molecule is Cc1ccc(C(N)=S)cc1OCc1cccc(Cl)c1Cl. The van der Waals surface area contributed by atoms with Crippen molar-refractivity contribution in [2.75, 3.05) is 0 Å². The molecule has 0 saturated heterocycles. The molecule has 0 aliphatic heterocycles. The molecule has 0 atom stereocenters. The molecule has 2 nitrogen and oxygen atoms in total. The lowest BCUT2D eigenvalue weighted by atomic mass is 10.1. The summed E-state index contributed by atoms with van der Waals surface area (Å²) in [6.07, 6.45) is 0. The molecular formula is C15H13Cl2NOS. The smallest absolute Gasteiger partial charge is 0.123 e. The van der Waals surface area contributed by atoms with Gasteiger partial charge in [0.05, 0.1) is 10.0 Å². The second-order valence-electron chi connectivity index (χ2n) is 4.35. The van der Waals surface area contributed by atoms with E-state index in [1.165, 1.54) is 0 Å². The molecule has 0 aliphatic carbocycles. The van der Waals surface area contributed by atoms with Crippen LogP contribution in [0.4, 0.5) is 0 Å². The average molecular weight is 326 g/mol. The van der Waals surface area contributed by atoms with Crippen molar-refractivity contribution in [3.8, 4) is 5.75 Å². The highest BCUT2D eigenvalue weighted by atomic mass is 35.5. The fraction of sp³-hybridized carbons (Fsp3) is 0.133. The fourth-order valence-electron chi connectivity index (χ4n) is 1.72. The standard InChI is InChI=1S/C15H13Cl2NOS/c1-9-5-6-10(15(18)20)7-13(9)19-8-11-3-2-4-12(16)14(11)17/h2-7H,8H2,1H3,(H2,18,20). The first-order chi connectivity index (χ1) is 9.49. The molecule has 2 aromatic rings. The van der Waals surface area contributed by atoms with Crippen LogP contribution in [0.25, 0.3) is 0 Å². The summed E-state index contributed by atoms with van der Waals surface area (Å²) in [7, 11) is 0. The number of thiocarbonyl (C=S) groups is 1. The van der Waals surface area contributed by atoms with Gasteiger partial charge in [-0.1, -0.05) is 59.7 Å². The third kappa shape index (κ3) is 3.42. The number of hydrogen-bond donors (Lipinski definition) is 1. The third-order valence-electron chi connectivity index (χ3n) is 2.89. The molecule has 0 aromatic heterocycles. The Hall–Kier alpha value is -1.29. The predicted molar refractivity (Wildman–Crippen MR) is 87.9 cm³/mol. The highest BCUT2D eigenvalue weighted by molar-refractivity contribution is 7.80. The van der Waals surface area contributed by atoms with Crippen LogP contribution < -0.4 is 10.5 Å². The molecule has 0 amide bonds. The first-order valence-electron chi connectivity index (χ1n) is 5.95. The van der Waals surface area contributed by atoms with Gasteiger partial charge in [-0.05, 0) is 24.6 Å². The minimum Gasteiger partial charge on any atom is -0.489 e. The van der Waals surface area contributed by atoms with Crippen LogP contribution in [0, 0.1) is 6.92 Å². The zero-order chi connectivity index (χ0) is 14.7. The van der Waals surface area contributed by atoms with Gasteiger partial charge in [-0.15, -0.1) is 0 Å². The summed E-state index contributed by atoms with van der Waals surface area (Å²) in [5.41, 5.74) is 8.23. The molecule has 0 aliphatic rings. The van der Waals surface area contributed by atoms with E-state index in [1.807, 2.05) is 37.3 Å². The van der Waals surface area contributed by atoms with Crippen molar-refractivity contribution >= 4 is 40.4 Å². The van der Waals surface area contributed by atoms with Crippen molar-refractivity contribution in [2.24, 2.45) is 5.73 Å². The lowest BCUT2D eigenvalue weighted by Gasteiger charge is -2.12. The maximum absolute atomic E-state index is 6.13. The number of nitrogens with two attached hydrogens (primary N) is 1. The zero-order valence-electron chi connectivity index (χ0n) is 10.8. The second-order valence-corrected chi connectivity index (χ2v) is 5.57. The molecule has 0 radical (unpaired) electrons. The Morgan fingerprint density at radius 1 is 1.25 bits per heavy atom. The van der Waals surface area contributed by atoms with Gasteiger partial charge in [0.15, 0.2) is 0 Å². The zero-order valence-corrected chi connectivity index (χ0v) is 13.1. The van der Waals surface area contributed by atoms with Gasteiger partial charge in [0.2, 0.25) is 0 Å². The first-order valence-corrected chi connectivity index (χ1v) is 7.11. The van der Waals surface area contributed by atoms with Crippen LogP contribution in [0.3, 0.4) is 0 Å². The van der Waals surface area contributed by atoms with Gasteiger partial charge in [-0.3, -0.25) is 0 Å². The minimum atomic E-state index is 0.334. The molecule has 0 saturated carbocycles. The van der Waals surface area contributed by atoms with Crippen LogP contribution in [0.2, 0.25) is 10.0 Å². The monoisotopic (exact) mass is 325 g/mol. The quantitative estimate of drug-likeness (QED) is 0.839. The summed E-state index contributed by atoms with van der Waals surface area (Å²) < 4.78 is 5.79. The molecule has 0 spiro atoms. The van der Waals surface area contributed by atoms with Crippen molar-refractivity contribution in [2.45, 2.75) is 13.5 Å². The first kappa shape index (κ1) is 15.1. The van der Waals surface area contributed by atoms with E-state index < -0.39 is 0 Å². The van der Waals surface area contributed by atoms with Crippen LogP contribution in [0.15, 0.2) is 36.4 Å². The van der Waals surface area contributed by atoms with Gasteiger partial charge in [-0.2, -0.15) is 0 Å². The molecule has 104 valence electrons. The normalized spacial score (nSPS) is 10.3. The molecule has 20 heavy (non-hydrogen) atoms. The number of aryl methyl sites for hydroxylation is 1. The van der Waals surface area contributed by atoms with E-state index in [-0.39, 0.29) is 0 Å². The molecule has 0 unspecified atom stereocenters. The largest absolute Gasteiger partial charge is 0.489 e. The second kappa shape index (κ2) is 6.44. The van der Waals surface area contributed by atoms with Crippen molar-refractivity contribution < 1.29 is 4.74 Å². The summed E-state index contributed by atoms with van der Waals surface area (Å²) in [5.74, 6) is 0.728. The maximum Gasteiger partial charge on any atom is 0.123 e. The molecule has 0 bridgehead atoms. The van der Waals surface area contributed by atoms with Crippen LogP contribution in [-0.4, -0.2) is 4.99 Å². The van der Waals surface area contributed by atoms with E-state index in [0.717, 1.165) is 22.4 Å². The van der Waals surface area contributed by atoms with E-state index >= 15 is 0 Å². The number of hydrogen-bond acceptors (Lipinski definition) is 2. The van der Waals surface area contributed by atoms with Gasteiger partial charge in [-0.25, -0.2) is 0 Å². The minimum absolute atomic E-state index is 0.334. The number of ether oxygens (including phenoxy) is 1. The van der Waals surface area contributed by atoms with Gasteiger partial charge >= 0.3 is 0 Å². The molecular weight excluding hydrogens is 313 g/mol. The Bertz CT molecular complexity index is 658. The van der Waals surface area contributed by atoms with E-state index in [0.29, 0.717) is 21.6 Å². The lowest BCUT2D eigenvalue weighted by Crippen LogP contribution is -2.09. The topological polar surface area (TPSA) is 35.2 Å². The fourth-order valence-corrected chi connectivity index (χ4v) is 2.23. The van der Waals surface area contributed by atoms with Gasteiger partial charge in [0, 0.05) is 11.1 Å². The Labute approximate surface area is 133 Å². The Kier molecular flexibility index (Phi) is 4.86. The maximum atomic E-state index is 6.13. The van der Waals surface area contributed by atoms with E-state index in [2.05, 4.69) is 0 Å². The van der Waals surface area contributed by atoms with Crippen molar-refractivity contribution in [3.63, 3.8) is 0 Å². The number of rotatable bonds is 4. The Morgan fingerprint density at radius 2 is 2.00 bits per heavy atom. The summed E-state index contributed by atoms with van der Waals surface area (Å²) in [6, 6.07) is 11.1. The van der Waals surface area contributed by atoms with Crippen LogP contribution in [0.1, 0.15) is 16.7 Å². The summed E-state index contributed by atoms with van der Waals surface area (Å²) in [5, 5.41) is 1.03. The lowest BCUT2D eigenvalue weighted by molar-refractivity contribution is 0.304. The summed E-state index contributed by atoms with van der Waals surface area (Å²) >= 11 is 17.1. The van der Waals surface area contributed by atoms with Crippen molar-refractivity contribution in [1.29, 1.82) is 0 Å². The van der Waals surface area contributed by atoms with Crippen LogP contribution >= 0.6 is 35.4 Å². The Balaban J connectivity index is 2.20. The van der Waals surface area contributed by atoms with Crippen LogP contribution in [-0.2, 0) is 6.61 Å². The Morgan fingerprint density at radius 3 is 2.70 bits per heavy atom. The summed E-state index contributed by atoms with van der Waals surface area (Å²) in [6.45, 7) is 2.29. The molecule has 2 aromatic carbocycles. The van der Waals surface area contributed by atoms with Gasteiger partial charge in [0.25, 0.3) is 0 Å². The molecule has 5 heteroatoms. The van der Waals surface area contributed by atoms with Gasteiger partial charge in [0.1, 0.15) is 17.3 Å². The van der Waals surface area contributed by atoms with E-state index in [1.54, 1.807) is 6.07 Å². The third-order valence-corrected chi connectivity index (χ3v) is 3.98. The van der Waals surface area contributed by atoms with Crippen molar-refractivity contribution in [1.82, 2.24) is 0 Å². The molecule has 2 rings (SSSR count). The van der Waals surface area contributed by atoms with E-state index in [4.69, 9.17) is 45.9 Å². The average Bonchev–Trinajstić information content (AvgIpc) is 2.41. The van der Waals surface area contributed by atoms with Crippen molar-refractivity contribution in [3.05, 3.63) is 63.1 Å². The molecule has 0 fully saturated rings. The van der Waals surface area contributed by atoms with Gasteiger partial charge < -0.3 is 10.5 Å². The highest BCUT2D eigenvalue weighted by Gasteiger charge is 2.07. The molecule has 2 N–H and O–H groups in total.